The molecule has 1 heterocycles. The smallest absolute Gasteiger partial charge is 0.172 e. The van der Waals surface area contributed by atoms with Crippen LogP contribution in [0.15, 0.2) is 48.5 Å². The molecule has 104 valence electrons. The van der Waals surface area contributed by atoms with E-state index in [1.165, 1.54) is 0 Å². The third-order valence-electron chi connectivity index (χ3n) is 3.22. The van der Waals surface area contributed by atoms with Gasteiger partial charge in [0.15, 0.2) is 12.0 Å². The van der Waals surface area contributed by atoms with E-state index in [0.29, 0.717) is 17.0 Å². The Balaban J connectivity index is 2.24. The van der Waals surface area contributed by atoms with Crippen molar-refractivity contribution in [2.75, 3.05) is 0 Å². The molecule has 0 amide bonds. The molecule has 0 saturated carbocycles. The second kappa shape index (κ2) is 5.50. The first-order valence-electron chi connectivity index (χ1n) is 6.43. The summed E-state index contributed by atoms with van der Waals surface area (Å²) < 4.78 is 1.63. The summed E-state index contributed by atoms with van der Waals surface area (Å²) in [5.41, 5.74) is 3.57. The molecule has 0 aliphatic carbocycles. The molecule has 4 nitrogen and oxygen atoms in total. The van der Waals surface area contributed by atoms with Gasteiger partial charge in [-0.2, -0.15) is 0 Å². The van der Waals surface area contributed by atoms with Crippen LogP contribution in [-0.2, 0) is 0 Å². The fraction of sp³-hybridized carbons (Fsp3) is 0.0625. The Morgan fingerprint density at radius 3 is 2.48 bits per heavy atom. The second-order valence-electron chi connectivity index (χ2n) is 4.67. The van der Waals surface area contributed by atoms with Crippen LogP contribution in [0, 0.1) is 6.92 Å². The minimum atomic E-state index is 0.267. The number of halogens is 1. The van der Waals surface area contributed by atoms with Gasteiger partial charge >= 0.3 is 0 Å². The molecule has 3 aromatic rings. The van der Waals surface area contributed by atoms with Crippen molar-refractivity contribution in [3.63, 3.8) is 0 Å². The zero-order valence-corrected chi connectivity index (χ0v) is 12.1. The van der Waals surface area contributed by atoms with Gasteiger partial charge in [0, 0.05) is 5.56 Å². The van der Waals surface area contributed by atoms with Crippen molar-refractivity contribution in [2.45, 2.75) is 6.92 Å². The molecule has 2 aromatic carbocycles. The number of carbonyl (C=O) groups excluding carboxylic acids is 1. The SMILES string of the molecule is Cc1ccc(-n2nnc(C=O)c2-c2ccccc2Cl)cc1. The minimum Gasteiger partial charge on any atom is -0.296 e. The van der Waals surface area contributed by atoms with Crippen LogP contribution in [0.2, 0.25) is 5.02 Å². The maximum absolute atomic E-state index is 11.3. The van der Waals surface area contributed by atoms with Gasteiger partial charge in [-0.25, -0.2) is 4.68 Å². The average Bonchev–Trinajstić information content (AvgIpc) is 2.92. The highest BCUT2D eigenvalue weighted by atomic mass is 35.5. The molecule has 3 rings (SSSR count). The van der Waals surface area contributed by atoms with E-state index in [1.807, 2.05) is 49.4 Å². The monoisotopic (exact) mass is 297 g/mol. The molecular formula is C16H12ClN3O. The lowest BCUT2D eigenvalue weighted by atomic mass is 10.1. The Kier molecular flexibility index (Phi) is 3.54. The first-order valence-corrected chi connectivity index (χ1v) is 6.81. The molecule has 0 saturated heterocycles. The van der Waals surface area contributed by atoms with Gasteiger partial charge in [0.2, 0.25) is 0 Å². The Labute approximate surface area is 127 Å². The molecule has 0 spiro atoms. The maximum Gasteiger partial charge on any atom is 0.172 e. The van der Waals surface area contributed by atoms with Crippen LogP contribution in [0.5, 0.6) is 0 Å². The van der Waals surface area contributed by atoms with Crippen molar-refractivity contribution in [1.29, 1.82) is 0 Å². The lowest BCUT2D eigenvalue weighted by molar-refractivity contribution is 0.111. The minimum absolute atomic E-state index is 0.267. The quantitative estimate of drug-likeness (QED) is 0.692. The van der Waals surface area contributed by atoms with E-state index < -0.39 is 0 Å². The van der Waals surface area contributed by atoms with Gasteiger partial charge in [-0.3, -0.25) is 4.79 Å². The molecular weight excluding hydrogens is 286 g/mol. The summed E-state index contributed by atoms with van der Waals surface area (Å²) >= 11 is 6.24. The molecule has 0 aliphatic heterocycles. The first-order chi connectivity index (χ1) is 10.2. The number of rotatable bonds is 3. The number of aryl methyl sites for hydroxylation is 1. The number of carbonyl (C=O) groups is 1. The van der Waals surface area contributed by atoms with E-state index in [2.05, 4.69) is 10.3 Å². The van der Waals surface area contributed by atoms with E-state index >= 15 is 0 Å². The fourth-order valence-corrected chi connectivity index (χ4v) is 2.37. The van der Waals surface area contributed by atoms with Crippen molar-refractivity contribution in [3.05, 3.63) is 64.8 Å². The van der Waals surface area contributed by atoms with E-state index in [-0.39, 0.29) is 5.69 Å². The normalized spacial score (nSPS) is 10.6. The van der Waals surface area contributed by atoms with Gasteiger partial charge < -0.3 is 0 Å². The summed E-state index contributed by atoms with van der Waals surface area (Å²) in [7, 11) is 0. The summed E-state index contributed by atoms with van der Waals surface area (Å²) in [6.45, 7) is 2.01. The predicted molar refractivity (Wildman–Crippen MR) is 81.9 cm³/mol. The van der Waals surface area contributed by atoms with Crippen molar-refractivity contribution in [1.82, 2.24) is 15.0 Å². The average molecular weight is 298 g/mol. The summed E-state index contributed by atoms with van der Waals surface area (Å²) in [5, 5.41) is 8.57. The number of aldehydes is 1. The lowest BCUT2D eigenvalue weighted by Crippen LogP contribution is -2.00. The van der Waals surface area contributed by atoms with Crippen LogP contribution in [0.25, 0.3) is 16.9 Å². The third kappa shape index (κ3) is 2.45. The van der Waals surface area contributed by atoms with Crippen molar-refractivity contribution >= 4 is 17.9 Å². The van der Waals surface area contributed by atoms with Crippen LogP contribution >= 0.6 is 11.6 Å². The molecule has 21 heavy (non-hydrogen) atoms. The van der Waals surface area contributed by atoms with E-state index in [9.17, 15) is 4.79 Å². The number of hydrogen-bond acceptors (Lipinski definition) is 3. The highest BCUT2D eigenvalue weighted by Gasteiger charge is 2.17. The molecule has 0 aliphatic rings. The lowest BCUT2D eigenvalue weighted by Gasteiger charge is -2.08. The maximum atomic E-state index is 11.3. The van der Waals surface area contributed by atoms with Crippen LogP contribution in [-0.4, -0.2) is 21.3 Å². The first kappa shape index (κ1) is 13.5. The number of hydrogen-bond donors (Lipinski definition) is 0. The summed E-state index contributed by atoms with van der Waals surface area (Å²) in [6, 6.07) is 15.1. The van der Waals surface area contributed by atoms with Gasteiger partial charge in [-0.05, 0) is 25.1 Å². The topological polar surface area (TPSA) is 47.8 Å². The molecule has 0 radical (unpaired) electrons. The Morgan fingerprint density at radius 1 is 1.10 bits per heavy atom. The number of nitrogens with zero attached hydrogens (tertiary/aromatic N) is 3. The second-order valence-corrected chi connectivity index (χ2v) is 5.08. The van der Waals surface area contributed by atoms with E-state index in [4.69, 9.17) is 11.6 Å². The van der Waals surface area contributed by atoms with Gasteiger partial charge in [0.1, 0.15) is 5.69 Å². The molecule has 1 aromatic heterocycles. The van der Waals surface area contributed by atoms with Crippen LogP contribution in [0.4, 0.5) is 0 Å². The van der Waals surface area contributed by atoms with Crippen LogP contribution in [0.3, 0.4) is 0 Å². The molecule has 0 bridgehead atoms. The molecule has 5 heteroatoms. The van der Waals surface area contributed by atoms with E-state index in [1.54, 1.807) is 10.7 Å². The Hall–Kier alpha value is -2.46. The number of aromatic nitrogens is 3. The standard InChI is InChI=1S/C16H12ClN3O/c1-11-6-8-12(9-7-11)20-16(15(10-21)18-19-20)13-4-2-3-5-14(13)17/h2-10H,1H3. The zero-order chi connectivity index (χ0) is 14.8. The molecule has 0 fully saturated rings. The predicted octanol–water partition coefficient (Wildman–Crippen LogP) is 3.71. The van der Waals surface area contributed by atoms with Gasteiger partial charge in [0.25, 0.3) is 0 Å². The largest absolute Gasteiger partial charge is 0.296 e. The highest BCUT2D eigenvalue weighted by Crippen LogP contribution is 2.30. The third-order valence-corrected chi connectivity index (χ3v) is 3.55. The van der Waals surface area contributed by atoms with Gasteiger partial charge in [0.05, 0.1) is 10.7 Å². The summed E-state index contributed by atoms with van der Waals surface area (Å²) in [4.78, 5) is 11.3. The van der Waals surface area contributed by atoms with Crippen molar-refractivity contribution in [3.8, 4) is 16.9 Å². The van der Waals surface area contributed by atoms with Gasteiger partial charge in [-0.15, -0.1) is 5.10 Å². The number of benzene rings is 2. The summed E-state index contributed by atoms with van der Waals surface area (Å²) in [6.07, 6.45) is 0.691. The Bertz CT molecular complexity index is 794. The Morgan fingerprint density at radius 2 is 1.81 bits per heavy atom. The van der Waals surface area contributed by atoms with Crippen molar-refractivity contribution < 1.29 is 4.79 Å². The van der Waals surface area contributed by atoms with Crippen LogP contribution < -0.4 is 0 Å². The molecule has 0 unspecified atom stereocenters. The van der Waals surface area contributed by atoms with Crippen LogP contribution in [0.1, 0.15) is 16.1 Å². The molecule has 0 N–H and O–H groups in total. The zero-order valence-electron chi connectivity index (χ0n) is 11.3. The highest BCUT2D eigenvalue weighted by molar-refractivity contribution is 6.33. The van der Waals surface area contributed by atoms with Gasteiger partial charge in [-0.1, -0.05) is 52.7 Å². The molecule has 0 atom stereocenters. The summed E-state index contributed by atoms with van der Waals surface area (Å²) in [5.74, 6) is 0. The van der Waals surface area contributed by atoms with E-state index in [0.717, 1.165) is 16.8 Å². The fourth-order valence-electron chi connectivity index (χ4n) is 2.14. The van der Waals surface area contributed by atoms with Crippen molar-refractivity contribution in [2.24, 2.45) is 0 Å².